The summed E-state index contributed by atoms with van der Waals surface area (Å²) in [5, 5.41) is 23.7. The van der Waals surface area contributed by atoms with Crippen LogP contribution in [0.1, 0.15) is 31.2 Å². The van der Waals surface area contributed by atoms with E-state index in [1.165, 1.54) is 0 Å². The molecule has 0 aliphatic heterocycles. The second kappa shape index (κ2) is 5.51. The van der Waals surface area contributed by atoms with Crippen molar-refractivity contribution in [1.29, 1.82) is 5.26 Å². The highest BCUT2D eigenvalue weighted by atomic mass is 35.5. The molecule has 1 heterocycles. The van der Waals surface area contributed by atoms with Gasteiger partial charge in [0.2, 0.25) is 0 Å². The maximum absolute atomic E-state index is 9.68. The van der Waals surface area contributed by atoms with Crippen molar-refractivity contribution in [2.75, 3.05) is 11.9 Å². The van der Waals surface area contributed by atoms with Gasteiger partial charge in [0.15, 0.2) is 0 Å². The van der Waals surface area contributed by atoms with Crippen molar-refractivity contribution in [3.05, 3.63) is 34.9 Å². The van der Waals surface area contributed by atoms with Crippen LogP contribution in [0.25, 0.3) is 10.9 Å². The number of hydrogen-bond donors (Lipinski definition) is 2. The van der Waals surface area contributed by atoms with Gasteiger partial charge < -0.3 is 10.4 Å². The zero-order valence-electron chi connectivity index (χ0n) is 11.6. The molecule has 1 saturated carbocycles. The molecule has 5 heteroatoms. The van der Waals surface area contributed by atoms with E-state index in [1.807, 2.05) is 6.07 Å². The van der Waals surface area contributed by atoms with Crippen LogP contribution in [-0.2, 0) is 0 Å². The predicted molar refractivity (Wildman–Crippen MR) is 83.4 cm³/mol. The molecule has 0 atom stereocenters. The number of nitrogens with zero attached hydrogens (tertiary/aromatic N) is 2. The van der Waals surface area contributed by atoms with Crippen LogP contribution in [0.15, 0.2) is 24.3 Å². The van der Waals surface area contributed by atoms with E-state index in [0.29, 0.717) is 16.4 Å². The molecule has 21 heavy (non-hydrogen) atoms. The van der Waals surface area contributed by atoms with E-state index >= 15 is 0 Å². The van der Waals surface area contributed by atoms with Crippen molar-refractivity contribution in [2.24, 2.45) is 0 Å². The number of anilines is 1. The van der Waals surface area contributed by atoms with Gasteiger partial charge in [0.05, 0.1) is 29.3 Å². The summed E-state index contributed by atoms with van der Waals surface area (Å²) in [6, 6.07) is 9.25. The van der Waals surface area contributed by atoms with Gasteiger partial charge in [0, 0.05) is 10.4 Å². The molecule has 0 saturated heterocycles. The minimum atomic E-state index is -0.306. The topological polar surface area (TPSA) is 68.9 Å². The third-order valence-electron chi connectivity index (χ3n) is 4.15. The summed E-state index contributed by atoms with van der Waals surface area (Å²) in [5.74, 6) is 0.636. The van der Waals surface area contributed by atoms with Crippen LogP contribution in [0.5, 0.6) is 0 Å². The average Bonchev–Trinajstić information content (AvgIpc) is 2.96. The lowest BCUT2D eigenvalue weighted by Crippen LogP contribution is -2.39. The van der Waals surface area contributed by atoms with Crippen LogP contribution in [-0.4, -0.2) is 22.2 Å². The maximum atomic E-state index is 9.68. The van der Waals surface area contributed by atoms with Gasteiger partial charge in [-0.2, -0.15) is 5.26 Å². The van der Waals surface area contributed by atoms with Crippen molar-refractivity contribution in [1.82, 2.24) is 4.98 Å². The minimum absolute atomic E-state index is 0.0786. The number of nitrogens with one attached hydrogen (secondary N) is 1. The van der Waals surface area contributed by atoms with Crippen molar-refractivity contribution >= 4 is 28.3 Å². The van der Waals surface area contributed by atoms with Crippen LogP contribution < -0.4 is 5.32 Å². The third-order valence-corrected chi connectivity index (χ3v) is 4.38. The molecular formula is C16H16ClN3O. The molecule has 0 unspecified atom stereocenters. The Hall–Kier alpha value is -1.83. The summed E-state index contributed by atoms with van der Waals surface area (Å²) in [6.07, 6.45) is 4.04. The number of fused-ring (bicyclic) bond motifs is 1. The molecule has 1 aliphatic rings. The van der Waals surface area contributed by atoms with E-state index in [2.05, 4.69) is 16.4 Å². The highest BCUT2D eigenvalue weighted by Crippen LogP contribution is 2.33. The lowest BCUT2D eigenvalue weighted by molar-refractivity contribution is 0.214. The monoisotopic (exact) mass is 301 g/mol. The highest BCUT2D eigenvalue weighted by Gasteiger charge is 2.33. The van der Waals surface area contributed by atoms with Gasteiger partial charge >= 0.3 is 0 Å². The maximum Gasteiger partial charge on any atom is 0.128 e. The molecule has 2 aromatic rings. The molecular weight excluding hydrogens is 286 g/mol. The first-order valence-corrected chi connectivity index (χ1v) is 7.43. The zero-order valence-corrected chi connectivity index (χ0v) is 12.3. The Bertz CT molecular complexity index is 717. The molecule has 1 aromatic carbocycles. The number of halogens is 1. The Morgan fingerprint density at radius 1 is 1.33 bits per heavy atom. The summed E-state index contributed by atoms with van der Waals surface area (Å²) in [5.41, 5.74) is 0.961. The van der Waals surface area contributed by atoms with Gasteiger partial charge in [-0.3, -0.25) is 0 Å². The Labute approximate surface area is 128 Å². The summed E-state index contributed by atoms with van der Waals surface area (Å²) >= 11 is 5.98. The van der Waals surface area contributed by atoms with Crippen molar-refractivity contribution in [2.45, 2.75) is 31.2 Å². The summed E-state index contributed by atoms with van der Waals surface area (Å²) in [4.78, 5) is 4.55. The summed E-state index contributed by atoms with van der Waals surface area (Å²) < 4.78 is 0. The molecule has 2 N–H and O–H groups in total. The second-order valence-electron chi connectivity index (χ2n) is 5.60. The number of benzene rings is 1. The van der Waals surface area contributed by atoms with E-state index in [0.717, 1.165) is 36.6 Å². The number of hydrogen-bond acceptors (Lipinski definition) is 4. The van der Waals surface area contributed by atoms with Gasteiger partial charge in [-0.25, -0.2) is 4.98 Å². The first-order chi connectivity index (χ1) is 10.2. The van der Waals surface area contributed by atoms with E-state index in [4.69, 9.17) is 11.6 Å². The number of rotatable bonds is 3. The normalized spacial score (nSPS) is 16.8. The van der Waals surface area contributed by atoms with Gasteiger partial charge in [-0.15, -0.1) is 0 Å². The largest absolute Gasteiger partial charge is 0.394 e. The van der Waals surface area contributed by atoms with E-state index in [1.54, 1.807) is 18.2 Å². The molecule has 0 amide bonds. The third kappa shape index (κ3) is 2.67. The Morgan fingerprint density at radius 2 is 2.10 bits per heavy atom. The molecule has 108 valence electrons. The van der Waals surface area contributed by atoms with E-state index in [-0.39, 0.29) is 12.1 Å². The van der Waals surface area contributed by atoms with Gasteiger partial charge in [-0.05, 0) is 37.1 Å². The van der Waals surface area contributed by atoms with Crippen molar-refractivity contribution in [3.8, 4) is 6.07 Å². The zero-order chi connectivity index (χ0) is 14.9. The smallest absolute Gasteiger partial charge is 0.128 e. The Balaban J connectivity index is 2.04. The highest BCUT2D eigenvalue weighted by molar-refractivity contribution is 6.31. The summed E-state index contributed by atoms with van der Waals surface area (Å²) in [6.45, 7) is 0.0786. The molecule has 0 spiro atoms. The number of aliphatic hydroxyl groups is 1. The molecule has 1 aromatic heterocycles. The van der Waals surface area contributed by atoms with Crippen LogP contribution in [0.3, 0.4) is 0 Å². The van der Waals surface area contributed by atoms with Crippen molar-refractivity contribution in [3.63, 3.8) is 0 Å². The minimum Gasteiger partial charge on any atom is -0.394 e. The lowest BCUT2D eigenvalue weighted by Gasteiger charge is -2.28. The molecule has 0 bridgehead atoms. The fourth-order valence-corrected chi connectivity index (χ4v) is 3.17. The standard InChI is InChI=1S/C16H16ClN3O/c17-12-3-4-14-13(8-12)11(9-18)7-15(19-14)20-16(10-21)5-1-2-6-16/h3-4,7-8,21H,1-2,5-6,10H2,(H,19,20). The van der Waals surface area contributed by atoms with E-state index < -0.39 is 0 Å². The molecule has 4 nitrogen and oxygen atoms in total. The Morgan fingerprint density at radius 3 is 2.76 bits per heavy atom. The lowest BCUT2D eigenvalue weighted by atomic mass is 9.98. The number of pyridine rings is 1. The molecule has 0 radical (unpaired) electrons. The molecule has 1 aliphatic carbocycles. The quantitative estimate of drug-likeness (QED) is 0.910. The van der Waals surface area contributed by atoms with Crippen molar-refractivity contribution < 1.29 is 5.11 Å². The van der Waals surface area contributed by atoms with Gasteiger partial charge in [0.1, 0.15) is 5.82 Å². The number of aromatic nitrogens is 1. The van der Waals surface area contributed by atoms with Gasteiger partial charge in [0.25, 0.3) is 0 Å². The fourth-order valence-electron chi connectivity index (χ4n) is 3.00. The average molecular weight is 302 g/mol. The summed E-state index contributed by atoms with van der Waals surface area (Å²) in [7, 11) is 0. The van der Waals surface area contributed by atoms with Crippen LogP contribution in [0.4, 0.5) is 5.82 Å². The molecule has 3 rings (SSSR count). The second-order valence-corrected chi connectivity index (χ2v) is 6.04. The first kappa shape index (κ1) is 14.1. The predicted octanol–water partition coefficient (Wildman–Crippen LogP) is 3.48. The number of aliphatic hydroxyl groups excluding tert-OH is 1. The molecule has 1 fully saturated rings. The Kier molecular flexibility index (Phi) is 3.71. The fraction of sp³-hybridized carbons (Fsp3) is 0.375. The van der Waals surface area contributed by atoms with E-state index in [9.17, 15) is 10.4 Å². The van der Waals surface area contributed by atoms with Crippen LogP contribution in [0.2, 0.25) is 5.02 Å². The number of nitriles is 1. The van der Waals surface area contributed by atoms with Crippen LogP contribution >= 0.6 is 11.6 Å². The first-order valence-electron chi connectivity index (χ1n) is 7.05. The van der Waals surface area contributed by atoms with Gasteiger partial charge in [-0.1, -0.05) is 24.4 Å². The SMILES string of the molecule is N#Cc1cc(NC2(CO)CCCC2)nc2ccc(Cl)cc12. The van der Waals surface area contributed by atoms with Crippen LogP contribution in [0, 0.1) is 11.3 Å².